The number of amides is 1. The van der Waals surface area contributed by atoms with E-state index in [2.05, 4.69) is 16.2 Å². The predicted octanol–water partition coefficient (Wildman–Crippen LogP) is 4.84. The number of aromatic nitrogens is 2. The van der Waals surface area contributed by atoms with Gasteiger partial charge in [0, 0.05) is 23.4 Å². The second-order valence-corrected chi connectivity index (χ2v) is 7.74. The van der Waals surface area contributed by atoms with E-state index in [4.69, 9.17) is 8.94 Å². The van der Waals surface area contributed by atoms with Crippen molar-refractivity contribution < 1.29 is 13.7 Å². The maximum Gasteiger partial charge on any atom is 0.290 e. The van der Waals surface area contributed by atoms with Crippen molar-refractivity contribution >= 4 is 16.9 Å². The first kappa shape index (κ1) is 17.8. The fourth-order valence-corrected chi connectivity index (χ4v) is 3.74. The maximum atomic E-state index is 13.3. The molecule has 0 aliphatic carbocycles. The number of hydrogen-bond acceptors (Lipinski definition) is 5. The molecule has 2 aromatic heterocycles. The van der Waals surface area contributed by atoms with Crippen LogP contribution in [0.4, 0.5) is 0 Å². The van der Waals surface area contributed by atoms with Gasteiger partial charge < -0.3 is 13.8 Å². The molecule has 0 saturated carbocycles. The molecule has 4 rings (SSSR count). The van der Waals surface area contributed by atoms with Crippen molar-refractivity contribution in [1.29, 1.82) is 0 Å². The second kappa shape index (κ2) is 6.51. The van der Waals surface area contributed by atoms with Crippen LogP contribution in [0.2, 0.25) is 0 Å². The molecule has 1 aliphatic heterocycles. The Kier molecular flexibility index (Phi) is 4.29. The SMILES string of the molecule is Cc1ccc2c(C)c(C(=O)N3CCCC3c3nc(C(C)C)no3)oc2c1C. The molecule has 27 heavy (non-hydrogen) atoms. The number of likely N-dealkylation sites (tertiary alicyclic amines) is 1. The number of fused-ring (bicyclic) bond motifs is 1. The zero-order valence-corrected chi connectivity index (χ0v) is 16.5. The highest BCUT2D eigenvalue weighted by Gasteiger charge is 2.37. The summed E-state index contributed by atoms with van der Waals surface area (Å²) in [4.78, 5) is 19.6. The Hall–Kier alpha value is -2.63. The van der Waals surface area contributed by atoms with Crippen LogP contribution in [0, 0.1) is 20.8 Å². The van der Waals surface area contributed by atoms with E-state index >= 15 is 0 Å². The zero-order valence-electron chi connectivity index (χ0n) is 16.5. The van der Waals surface area contributed by atoms with E-state index in [-0.39, 0.29) is 17.9 Å². The largest absolute Gasteiger partial charge is 0.450 e. The van der Waals surface area contributed by atoms with Crippen LogP contribution in [0.3, 0.4) is 0 Å². The summed E-state index contributed by atoms with van der Waals surface area (Å²) in [6.07, 6.45) is 1.73. The highest BCUT2D eigenvalue weighted by molar-refractivity contribution is 6.00. The zero-order chi connectivity index (χ0) is 19.3. The van der Waals surface area contributed by atoms with Crippen LogP contribution in [-0.2, 0) is 0 Å². The molecule has 142 valence electrons. The molecular weight excluding hydrogens is 342 g/mol. The second-order valence-electron chi connectivity index (χ2n) is 7.74. The summed E-state index contributed by atoms with van der Waals surface area (Å²) in [6, 6.07) is 3.91. The molecule has 1 saturated heterocycles. The Morgan fingerprint density at radius 2 is 2.00 bits per heavy atom. The first-order chi connectivity index (χ1) is 12.9. The predicted molar refractivity (Wildman–Crippen MR) is 102 cm³/mol. The van der Waals surface area contributed by atoms with E-state index < -0.39 is 0 Å². The molecule has 0 radical (unpaired) electrons. The van der Waals surface area contributed by atoms with Crippen molar-refractivity contribution in [3.63, 3.8) is 0 Å². The van der Waals surface area contributed by atoms with Gasteiger partial charge in [0.1, 0.15) is 11.6 Å². The summed E-state index contributed by atoms with van der Waals surface area (Å²) in [7, 11) is 0. The number of rotatable bonds is 3. The Morgan fingerprint density at radius 3 is 2.70 bits per heavy atom. The molecular formula is C21H25N3O3. The number of benzene rings is 1. The minimum Gasteiger partial charge on any atom is -0.450 e. The molecule has 1 aromatic carbocycles. The van der Waals surface area contributed by atoms with Crippen LogP contribution in [0.15, 0.2) is 21.1 Å². The number of hydrogen-bond donors (Lipinski definition) is 0. The smallest absolute Gasteiger partial charge is 0.290 e. The van der Waals surface area contributed by atoms with Crippen LogP contribution >= 0.6 is 0 Å². The Bertz CT molecular complexity index is 1020. The summed E-state index contributed by atoms with van der Waals surface area (Å²) < 4.78 is 11.5. The van der Waals surface area contributed by atoms with E-state index in [0.717, 1.165) is 40.5 Å². The molecule has 1 aliphatic rings. The lowest BCUT2D eigenvalue weighted by Gasteiger charge is -2.21. The van der Waals surface area contributed by atoms with Crippen molar-refractivity contribution in [2.24, 2.45) is 0 Å². The van der Waals surface area contributed by atoms with E-state index in [0.29, 0.717) is 24.0 Å². The third-order valence-electron chi connectivity index (χ3n) is 5.59. The van der Waals surface area contributed by atoms with Crippen LogP contribution in [0.1, 0.15) is 77.6 Å². The van der Waals surface area contributed by atoms with E-state index in [1.165, 1.54) is 0 Å². The van der Waals surface area contributed by atoms with Crippen molar-refractivity contribution in [1.82, 2.24) is 15.0 Å². The minimum atomic E-state index is -0.187. The van der Waals surface area contributed by atoms with Crippen LogP contribution < -0.4 is 0 Å². The third kappa shape index (κ3) is 2.83. The summed E-state index contributed by atoms with van der Waals surface area (Å²) in [5.41, 5.74) is 3.91. The summed E-state index contributed by atoms with van der Waals surface area (Å²) >= 11 is 0. The van der Waals surface area contributed by atoms with E-state index in [1.807, 2.05) is 45.6 Å². The van der Waals surface area contributed by atoms with Gasteiger partial charge in [0.25, 0.3) is 5.91 Å². The summed E-state index contributed by atoms with van der Waals surface area (Å²) in [5, 5.41) is 5.05. The van der Waals surface area contributed by atoms with Gasteiger partial charge in [0.2, 0.25) is 5.89 Å². The summed E-state index contributed by atoms with van der Waals surface area (Å²) in [5.74, 6) is 1.69. The number of carbonyl (C=O) groups excluding carboxylic acids is 1. The number of aryl methyl sites for hydroxylation is 3. The third-order valence-corrected chi connectivity index (χ3v) is 5.59. The van der Waals surface area contributed by atoms with Gasteiger partial charge in [-0.25, -0.2) is 0 Å². The molecule has 0 spiro atoms. The van der Waals surface area contributed by atoms with E-state index in [9.17, 15) is 4.79 Å². The Labute approximate surface area is 158 Å². The van der Waals surface area contributed by atoms with Gasteiger partial charge in [-0.15, -0.1) is 0 Å². The molecule has 1 amide bonds. The van der Waals surface area contributed by atoms with Gasteiger partial charge >= 0.3 is 0 Å². The molecule has 1 fully saturated rings. The van der Waals surface area contributed by atoms with Crippen LogP contribution in [0.5, 0.6) is 0 Å². The van der Waals surface area contributed by atoms with E-state index in [1.54, 1.807) is 0 Å². The normalized spacial score (nSPS) is 17.4. The molecule has 6 nitrogen and oxygen atoms in total. The Morgan fingerprint density at radius 1 is 1.22 bits per heavy atom. The lowest BCUT2D eigenvalue weighted by atomic mass is 10.0. The maximum absolute atomic E-state index is 13.3. The van der Waals surface area contributed by atoms with Crippen LogP contribution in [0.25, 0.3) is 11.0 Å². The van der Waals surface area contributed by atoms with Gasteiger partial charge in [0.05, 0.1) is 0 Å². The molecule has 3 heterocycles. The van der Waals surface area contributed by atoms with Crippen molar-refractivity contribution in [3.8, 4) is 0 Å². The van der Waals surface area contributed by atoms with Gasteiger partial charge in [-0.3, -0.25) is 4.79 Å². The van der Waals surface area contributed by atoms with Gasteiger partial charge in [-0.2, -0.15) is 4.98 Å². The molecule has 6 heteroatoms. The average Bonchev–Trinajstić information content (AvgIpc) is 3.36. The average molecular weight is 367 g/mol. The van der Waals surface area contributed by atoms with Crippen LogP contribution in [-0.4, -0.2) is 27.5 Å². The molecule has 1 unspecified atom stereocenters. The highest BCUT2D eigenvalue weighted by atomic mass is 16.5. The lowest BCUT2D eigenvalue weighted by molar-refractivity contribution is 0.0679. The van der Waals surface area contributed by atoms with Crippen molar-refractivity contribution in [2.75, 3.05) is 6.54 Å². The molecule has 1 atom stereocenters. The topological polar surface area (TPSA) is 72.4 Å². The van der Waals surface area contributed by atoms with Gasteiger partial charge in [-0.1, -0.05) is 31.1 Å². The fourth-order valence-electron chi connectivity index (χ4n) is 3.74. The molecule has 0 N–H and O–H groups in total. The fraction of sp³-hybridized carbons (Fsp3) is 0.476. The standard InChI is InChI=1S/C21H25N3O3/c1-11(2)19-22-20(27-23-19)16-7-6-10-24(16)21(25)18-14(5)15-9-8-12(3)13(4)17(15)26-18/h8-9,11,16H,6-7,10H2,1-5H3. The Balaban J connectivity index is 1.70. The molecule has 0 bridgehead atoms. The number of carbonyl (C=O) groups is 1. The minimum absolute atomic E-state index is 0.104. The lowest BCUT2D eigenvalue weighted by Crippen LogP contribution is -2.30. The monoisotopic (exact) mass is 367 g/mol. The number of furan rings is 1. The van der Waals surface area contributed by atoms with Crippen molar-refractivity contribution in [2.45, 2.75) is 59.4 Å². The van der Waals surface area contributed by atoms with Crippen molar-refractivity contribution in [3.05, 3.63) is 46.3 Å². The van der Waals surface area contributed by atoms with Gasteiger partial charge in [0.15, 0.2) is 11.6 Å². The number of nitrogens with zero attached hydrogens (tertiary/aromatic N) is 3. The first-order valence-electron chi connectivity index (χ1n) is 9.52. The van der Waals surface area contributed by atoms with Gasteiger partial charge in [-0.05, 0) is 44.7 Å². The highest BCUT2D eigenvalue weighted by Crippen LogP contribution is 2.36. The first-order valence-corrected chi connectivity index (χ1v) is 9.52. The summed E-state index contributed by atoms with van der Waals surface area (Å²) in [6.45, 7) is 10.7. The molecule has 3 aromatic rings. The quantitative estimate of drug-likeness (QED) is 0.662.